The van der Waals surface area contributed by atoms with Gasteiger partial charge in [0.15, 0.2) is 0 Å². The smallest absolute Gasteiger partial charge is 0.259 e. The van der Waals surface area contributed by atoms with E-state index in [2.05, 4.69) is 38.4 Å². The quantitative estimate of drug-likeness (QED) is 0.199. The standard InChI is InChI=1S/C26H22IN5O2/c1-18-11-13-19(14-12-18)25-20(17-32(31-25)21-7-3-2-4-8-21)15-29-30-24(33)16-28-26(34)22-9-5-6-10-23(22)27/h2-15,17H,16H2,1H3,(H,28,34)(H,30,33)/b29-15+. The van der Waals surface area contributed by atoms with Crippen LogP contribution in [0.25, 0.3) is 16.9 Å². The van der Waals surface area contributed by atoms with E-state index in [0.717, 1.165) is 31.6 Å². The molecule has 2 amide bonds. The first-order valence-electron chi connectivity index (χ1n) is 10.6. The highest BCUT2D eigenvalue weighted by atomic mass is 127. The molecule has 0 saturated carbocycles. The van der Waals surface area contributed by atoms with Gasteiger partial charge in [-0.2, -0.15) is 10.2 Å². The number of amides is 2. The Bertz CT molecular complexity index is 1330. The second kappa shape index (κ2) is 10.9. The summed E-state index contributed by atoms with van der Waals surface area (Å²) in [7, 11) is 0. The predicted octanol–water partition coefficient (Wildman–Crippen LogP) is 4.33. The number of hydrogen-bond donors (Lipinski definition) is 2. The molecule has 0 bridgehead atoms. The van der Waals surface area contributed by atoms with Gasteiger partial charge >= 0.3 is 0 Å². The monoisotopic (exact) mass is 563 g/mol. The van der Waals surface area contributed by atoms with Crippen LogP contribution in [0.2, 0.25) is 0 Å². The van der Waals surface area contributed by atoms with Crippen LogP contribution in [0.5, 0.6) is 0 Å². The van der Waals surface area contributed by atoms with Crippen LogP contribution in [0.15, 0.2) is 90.2 Å². The van der Waals surface area contributed by atoms with Crippen LogP contribution in [0.4, 0.5) is 0 Å². The Balaban J connectivity index is 1.46. The van der Waals surface area contributed by atoms with Crippen LogP contribution >= 0.6 is 22.6 Å². The number of hydrazone groups is 1. The van der Waals surface area contributed by atoms with E-state index in [1.165, 1.54) is 0 Å². The summed E-state index contributed by atoms with van der Waals surface area (Å²) in [4.78, 5) is 24.5. The average Bonchev–Trinajstić information content (AvgIpc) is 3.28. The van der Waals surface area contributed by atoms with Crippen molar-refractivity contribution in [3.63, 3.8) is 0 Å². The number of aryl methyl sites for hydroxylation is 1. The van der Waals surface area contributed by atoms with Crippen LogP contribution in [-0.4, -0.2) is 34.4 Å². The largest absolute Gasteiger partial charge is 0.343 e. The molecule has 0 saturated heterocycles. The average molecular weight is 563 g/mol. The molecule has 34 heavy (non-hydrogen) atoms. The van der Waals surface area contributed by atoms with Gasteiger partial charge in [0.25, 0.3) is 11.8 Å². The van der Waals surface area contributed by atoms with Crippen molar-refractivity contribution in [3.05, 3.63) is 105 Å². The number of benzene rings is 3. The topological polar surface area (TPSA) is 88.4 Å². The van der Waals surface area contributed by atoms with E-state index in [9.17, 15) is 9.59 Å². The molecule has 0 aliphatic heterocycles. The number of nitrogens with zero attached hydrogens (tertiary/aromatic N) is 3. The number of aromatic nitrogens is 2. The van der Waals surface area contributed by atoms with Crippen molar-refractivity contribution in [2.75, 3.05) is 6.54 Å². The van der Waals surface area contributed by atoms with E-state index in [1.807, 2.05) is 79.9 Å². The number of carbonyl (C=O) groups is 2. The molecule has 0 radical (unpaired) electrons. The minimum absolute atomic E-state index is 0.185. The molecular weight excluding hydrogens is 541 g/mol. The van der Waals surface area contributed by atoms with Crippen LogP contribution in [0.3, 0.4) is 0 Å². The Morgan fingerprint density at radius 2 is 1.71 bits per heavy atom. The molecule has 170 valence electrons. The van der Waals surface area contributed by atoms with E-state index >= 15 is 0 Å². The number of nitrogens with one attached hydrogen (secondary N) is 2. The van der Waals surface area contributed by atoms with E-state index in [4.69, 9.17) is 5.10 Å². The highest BCUT2D eigenvalue weighted by Gasteiger charge is 2.12. The Hall–Kier alpha value is -3.79. The molecule has 0 unspecified atom stereocenters. The highest BCUT2D eigenvalue weighted by molar-refractivity contribution is 14.1. The SMILES string of the molecule is Cc1ccc(-c2nn(-c3ccccc3)cc2/C=N/NC(=O)CNC(=O)c2ccccc2I)cc1. The van der Waals surface area contributed by atoms with Crippen LogP contribution in [0, 0.1) is 10.5 Å². The summed E-state index contributed by atoms with van der Waals surface area (Å²) in [5.41, 5.74) is 7.49. The van der Waals surface area contributed by atoms with Gasteiger partial charge < -0.3 is 5.32 Å². The zero-order valence-corrected chi connectivity index (χ0v) is 20.6. The summed E-state index contributed by atoms with van der Waals surface area (Å²) in [5.74, 6) is -0.738. The molecule has 0 aliphatic carbocycles. The fraction of sp³-hybridized carbons (Fsp3) is 0.0769. The fourth-order valence-corrected chi connectivity index (χ4v) is 3.88. The second-order valence-corrected chi connectivity index (χ2v) is 8.70. The number of para-hydroxylation sites is 1. The fourth-order valence-electron chi connectivity index (χ4n) is 3.25. The minimum atomic E-state index is -0.428. The van der Waals surface area contributed by atoms with Crippen molar-refractivity contribution in [3.8, 4) is 16.9 Å². The van der Waals surface area contributed by atoms with Gasteiger partial charge in [0.05, 0.1) is 24.0 Å². The summed E-state index contributed by atoms with van der Waals surface area (Å²) in [6.45, 7) is 1.84. The Morgan fingerprint density at radius 1 is 1.00 bits per heavy atom. The van der Waals surface area contributed by atoms with Gasteiger partial charge in [0, 0.05) is 20.9 Å². The predicted molar refractivity (Wildman–Crippen MR) is 141 cm³/mol. The lowest BCUT2D eigenvalue weighted by atomic mass is 10.1. The Kier molecular flexibility index (Phi) is 7.48. The lowest BCUT2D eigenvalue weighted by Gasteiger charge is -2.05. The molecule has 0 atom stereocenters. The van der Waals surface area contributed by atoms with E-state index in [-0.39, 0.29) is 12.5 Å². The molecule has 7 nitrogen and oxygen atoms in total. The summed E-state index contributed by atoms with van der Waals surface area (Å²) >= 11 is 2.08. The molecule has 3 aromatic carbocycles. The second-order valence-electron chi connectivity index (χ2n) is 7.53. The first kappa shape index (κ1) is 23.4. The van der Waals surface area contributed by atoms with Gasteiger partial charge in [-0.15, -0.1) is 0 Å². The van der Waals surface area contributed by atoms with Crippen molar-refractivity contribution in [2.45, 2.75) is 6.92 Å². The number of halogens is 1. The van der Waals surface area contributed by atoms with Crippen LogP contribution in [-0.2, 0) is 4.79 Å². The van der Waals surface area contributed by atoms with E-state index in [0.29, 0.717) is 5.56 Å². The lowest BCUT2D eigenvalue weighted by molar-refractivity contribution is -0.120. The van der Waals surface area contributed by atoms with Crippen LogP contribution in [0.1, 0.15) is 21.5 Å². The number of hydrogen-bond acceptors (Lipinski definition) is 4. The van der Waals surface area contributed by atoms with Gasteiger partial charge in [0.2, 0.25) is 0 Å². The molecular formula is C26H22IN5O2. The van der Waals surface area contributed by atoms with Crippen molar-refractivity contribution >= 4 is 40.6 Å². The van der Waals surface area contributed by atoms with Crippen molar-refractivity contribution < 1.29 is 9.59 Å². The minimum Gasteiger partial charge on any atom is -0.343 e. The molecule has 0 aliphatic rings. The van der Waals surface area contributed by atoms with E-state index in [1.54, 1.807) is 23.0 Å². The molecule has 1 heterocycles. The Morgan fingerprint density at radius 3 is 2.44 bits per heavy atom. The first-order valence-corrected chi connectivity index (χ1v) is 11.7. The summed E-state index contributed by atoms with van der Waals surface area (Å²) < 4.78 is 2.59. The van der Waals surface area contributed by atoms with Gasteiger partial charge in [-0.3, -0.25) is 9.59 Å². The van der Waals surface area contributed by atoms with Gasteiger partial charge in [0.1, 0.15) is 5.69 Å². The van der Waals surface area contributed by atoms with Gasteiger partial charge in [-0.1, -0.05) is 60.2 Å². The zero-order valence-electron chi connectivity index (χ0n) is 18.4. The maximum absolute atomic E-state index is 12.3. The summed E-state index contributed by atoms with van der Waals surface area (Å²) in [6, 6.07) is 25.0. The maximum atomic E-state index is 12.3. The van der Waals surface area contributed by atoms with Gasteiger partial charge in [-0.25, -0.2) is 10.1 Å². The third kappa shape index (κ3) is 5.76. The normalized spacial score (nSPS) is 10.9. The molecule has 4 rings (SSSR count). The molecule has 1 aromatic heterocycles. The molecule has 2 N–H and O–H groups in total. The van der Waals surface area contributed by atoms with E-state index < -0.39 is 5.91 Å². The number of rotatable bonds is 7. The maximum Gasteiger partial charge on any atom is 0.259 e. The number of carbonyl (C=O) groups excluding carboxylic acids is 2. The van der Waals surface area contributed by atoms with Crippen LogP contribution < -0.4 is 10.7 Å². The molecule has 0 fully saturated rings. The zero-order chi connectivity index (χ0) is 23.9. The highest BCUT2D eigenvalue weighted by Crippen LogP contribution is 2.23. The molecule has 4 aromatic rings. The van der Waals surface area contributed by atoms with Gasteiger partial charge in [-0.05, 0) is 53.8 Å². The Labute approximate surface area is 211 Å². The summed E-state index contributed by atoms with van der Waals surface area (Å²) in [5, 5.41) is 11.4. The van der Waals surface area contributed by atoms with Crippen molar-refractivity contribution in [1.29, 1.82) is 0 Å². The lowest BCUT2D eigenvalue weighted by Crippen LogP contribution is -2.35. The molecule has 8 heteroatoms. The van der Waals surface area contributed by atoms with Crippen molar-refractivity contribution in [1.82, 2.24) is 20.5 Å². The summed E-state index contributed by atoms with van der Waals surface area (Å²) in [6.07, 6.45) is 3.42. The molecule has 0 spiro atoms. The third-order valence-electron chi connectivity index (χ3n) is 5.01. The van der Waals surface area contributed by atoms with Crippen molar-refractivity contribution in [2.24, 2.45) is 5.10 Å². The first-order chi connectivity index (χ1) is 16.5. The third-order valence-corrected chi connectivity index (χ3v) is 5.95.